The fourth-order valence-corrected chi connectivity index (χ4v) is 6.14. The Bertz CT molecular complexity index is 1440. The summed E-state index contributed by atoms with van der Waals surface area (Å²) in [6.45, 7) is 1.86. The first-order valence-electron chi connectivity index (χ1n) is 10.2. The Balaban J connectivity index is 1.50. The van der Waals surface area contributed by atoms with Gasteiger partial charge in [0.2, 0.25) is 5.91 Å². The van der Waals surface area contributed by atoms with Crippen LogP contribution in [0.15, 0.2) is 86.0 Å². The first-order chi connectivity index (χ1) is 16.1. The average molecular weight is 494 g/mol. The number of fused-ring (bicyclic) bond motifs is 1. The zero-order valence-electron chi connectivity index (χ0n) is 17.6. The number of rotatable bonds is 7. The lowest BCUT2D eigenvalue weighted by Gasteiger charge is -2.14. The SMILES string of the molecule is CC(NC(=O)CSc1nc2scc(-c3cccs3)c2c(=O)n1-c1ccccc1)c1ccco1. The highest BCUT2D eigenvalue weighted by molar-refractivity contribution is 7.99. The van der Waals surface area contributed by atoms with E-state index in [2.05, 4.69) is 5.32 Å². The molecule has 0 saturated carbocycles. The summed E-state index contributed by atoms with van der Waals surface area (Å²) in [5.74, 6) is 0.649. The van der Waals surface area contributed by atoms with Gasteiger partial charge in [0, 0.05) is 15.8 Å². The monoisotopic (exact) mass is 493 g/mol. The van der Waals surface area contributed by atoms with Crippen molar-refractivity contribution in [3.05, 3.63) is 87.7 Å². The first-order valence-corrected chi connectivity index (χ1v) is 13.0. The van der Waals surface area contributed by atoms with Crippen LogP contribution in [0.1, 0.15) is 18.7 Å². The molecule has 5 aromatic rings. The molecule has 6 nitrogen and oxygen atoms in total. The molecule has 1 amide bonds. The molecule has 9 heteroatoms. The smallest absolute Gasteiger partial charge is 0.268 e. The summed E-state index contributed by atoms with van der Waals surface area (Å²) in [6.07, 6.45) is 1.58. The van der Waals surface area contributed by atoms with Crippen LogP contribution in [-0.2, 0) is 4.79 Å². The summed E-state index contributed by atoms with van der Waals surface area (Å²) in [6, 6.07) is 16.7. The highest BCUT2D eigenvalue weighted by Crippen LogP contribution is 2.35. The molecule has 0 aliphatic carbocycles. The lowest BCUT2D eigenvalue weighted by atomic mass is 10.2. The number of hydrogen-bond acceptors (Lipinski definition) is 7. The van der Waals surface area contributed by atoms with Gasteiger partial charge in [0.25, 0.3) is 5.56 Å². The number of nitrogens with one attached hydrogen (secondary N) is 1. The van der Waals surface area contributed by atoms with Crippen LogP contribution in [0.2, 0.25) is 0 Å². The van der Waals surface area contributed by atoms with Crippen LogP contribution in [0.3, 0.4) is 0 Å². The van der Waals surface area contributed by atoms with Gasteiger partial charge in [-0.2, -0.15) is 0 Å². The molecule has 1 unspecified atom stereocenters. The van der Waals surface area contributed by atoms with Crippen molar-refractivity contribution in [3.63, 3.8) is 0 Å². The van der Waals surface area contributed by atoms with Gasteiger partial charge in [-0.25, -0.2) is 4.98 Å². The number of benzene rings is 1. The van der Waals surface area contributed by atoms with Crippen LogP contribution < -0.4 is 10.9 Å². The lowest BCUT2D eigenvalue weighted by Crippen LogP contribution is -2.28. The van der Waals surface area contributed by atoms with Crippen LogP contribution in [0, 0.1) is 0 Å². The zero-order valence-corrected chi connectivity index (χ0v) is 20.0. The molecule has 0 aliphatic heterocycles. The van der Waals surface area contributed by atoms with Gasteiger partial charge in [-0.3, -0.25) is 14.2 Å². The van der Waals surface area contributed by atoms with E-state index in [-0.39, 0.29) is 23.3 Å². The zero-order chi connectivity index (χ0) is 22.8. The van der Waals surface area contributed by atoms with E-state index < -0.39 is 0 Å². The minimum absolute atomic E-state index is 0.124. The lowest BCUT2D eigenvalue weighted by molar-refractivity contribution is -0.119. The third kappa shape index (κ3) is 4.39. The summed E-state index contributed by atoms with van der Waals surface area (Å²) >= 11 is 4.28. The molecule has 0 fully saturated rings. The maximum Gasteiger partial charge on any atom is 0.268 e. The quantitative estimate of drug-likeness (QED) is 0.231. The number of carbonyl (C=O) groups is 1. The third-order valence-corrected chi connectivity index (χ3v) is 7.77. The van der Waals surface area contributed by atoms with E-state index in [0.717, 1.165) is 10.4 Å². The Kier molecular flexibility index (Phi) is 6.17. The van der Waals surface area contributed by atoms with E-state index in [1.807, 2.05) is 66.2 Å². The van der Waals surface area contributed by atoms with Gasteiger partial charge in [0.05, 0.1) is 29.1 Å². The highest BCUT2D eigenvalue weighted by atomic mass is 32.2. The Labute approximate surface area is 201 Å². The molecule has 166 valence electrons. The van der Waals surface area contributed by atoms with Crippen LogP contribution in [0.4, 0.5) is 0 Å². The summed E-state index contributed by atoms with van der Waals surface area (Å²) in [7, 11) is 0. The van der Waals surface area contributed by atoms with Crippen molar-refractivity contribution in [2.45, 2.75) is 18.1 Å². The Morgan fingerprint density at radius 3 is 2.73 bits per heavy atom. The number of nitrogens with zero attached hydrogens (tertiary/aromatic N) is 2. The molecule has 0 radical (unpaired) electrons. The van der Waals surface area contributed by atoms with Crippen molar-refractivity contribution in [1.29, 1.82) is 0 Å². The van der Waals surface area contributed by atoms with E-state index in [0.29, 0.717) is 26.8 Å². The minimum Gasteiger partial charge on any atom is -0.467 e. The minimum atomic E-state index is -0.245. The predicted octanol–water partition coefficient (Wildman–Crippen LogP) is 5.74. The molecular formula is C24H19N3O3S3. The average Bonchev–Trinajstić information content (AvgIpc) is 3.60. The van der Waals surface area contributed by atoms with E-state index in [1.165, 1.54) is 23.1 Å². The second-order valence-corrected chi connectivity index (χ2v) is 10.0. The summed E-state index contributed by atoms with van der Waals surface area (Å²) in [5.41, 5.74) is 1.48. The van der Waals surface area contributed by atoms with Crippen LogP contribution >= 0.6 is 34.4 Å². The van der Waals surface area contributed by atoms with Crippen LogP contribution in [-0.4, -0.2) is 21.2 Å². The molecule has 5 rings (SSSR count). The number of para-hydroxylation sites is 1. The molecule has 33 heavy (non-hydrogen) atoms. The molecule has 0 spiro atoms. The Morgan fingerprint density at radius 2 is 2.00 bits per heavy atom. The molecule has 0 aliphatic rings. The fraction of sp³-hybridized carbons (Fsp3) is 0.125. The van der Waals surface area contributed by atoms with Gasteiger partial charge >= 0.3 is 0 Å². The standard InChI is InChI=1S/C24H19N3O3S3/c1-15(18-9-5-11-30-18)25-20(28)14-33-24-26-22-21(17(13-32-22)19-10-6-12-31-19)23(29)27(24)16-7-3-2-4-8-16/h2-13,15H,14H2,1H3,(H,25,28). The van der Waals surface area contributed by atoms with Gasteiger partial charge in [0.15, 0.2) is 5.16 Å². The number of furan rings is 1. The normalized spacial score (nSPS) is 12.2. The number of carbonyl (C=O) groups excluding carboxylic acids is 1. The second kappa shape index (κ2) is 9.38. The van der Waals surface area contributed by atoms with Crippen molar-refractivity contribution in [1.82, 2.24) is 14.9 Å². The first kappa shape index (κ1) is 21.7. The number of aromatic nitrogens is 2. The molecule has 1 aromatic carbocycles. The van der Waals surface area contributed by atoms with Gasteiger partial charge in [-0.1, -0.05) is 36.0 Å². The maximum absolute atomic E-state index is 13.7. The summed E-state index contributed by atoms with van der Waals surface area (Å²) in [5, 5.41) is 7.98. The molecule has 1 N–H and O–H groups in total. The van der Waals surface area contributed by atoms with Gasteiger partial charge in [-0.05, 0) is 42.6 Å². The van der Waals surface area contributed by atoms with Crippen molar-refractivity contribution in [2.75, 3.05) is 5.75 Å². The largest absolute Gasteiger partial charge is 0.467 e. The second-order valence-electron chi connectivity index (χ2n) is 7.27. The van der Waals surface area contributed by atoms with Crippen molar-refractivity contribution < 1.29 is 9.21 Å². The van der Waals surface area contributed by atoms with Gasteiger partial charge in [-0.15, -0.1) is 22.7 Å². The summed E-state index contributed by atoms with van der Waals surface area (Å²) in [4.78, 5) is 32.8. The van der Waals surface area contributed by atoms with Crippen LogP contribution in [0.5, 0.6) is 0 Å². The van der Waals surface area contributed by atoms with Gasteiger partial charge < -0.3 is 9.73 Å². The molecule has 4 heterocycles. The number of thioether (sulfide) groups is 1. The van der Waals surface area contributed by atoms with Crippen molar-refractivity contribution >= 4 is 50.6 Å². The molecular weight excluding hydrogens is 474 g/mol. The van der Waals surface area contributed by atoms with E-state index in [4.69, 9.17) is 9.40 Å². The number of hydrogen-bond donors (Lipinski definition) is 1. The highest BCUT2D eigenvalue weighted by Gasteiger charge is 2.20. The predicted molar refractivity (Wildman–Crippen MR) is 135 cm³/mol. The topological polar surface area (TPSA) is 77.1 Å². The number of thiophene rings is 2. The van der Waals surface area contributed by atoms with Crippen molar-refractivity contribution in [2.24, 2.45) is 0 Å². The fourth-order valence-electron chi connectivity index (χ4n) is 3.51. The molecule has 0 bridgehead atoms. The van der Waals surface area contributed by atoms with E-state index in [9.17, 15) is 9.59 Å². The maximum atomic E-state index is 13.7. The van der Waals surface area contributed by atoms with E-state index >= 15 is 0 Å². The van der Waals surface area contributed by atoms with Crippen LogP contribution in [0.25, 0.3) is 26.3 Å². The molecule has 1 atom stereocenters. The Hall–Kier alpha value is -3.14. The van der Waals surface area contributed by atoms with Gasteiger partial charge in [0.1, 0.15) is 10.6 Å². The van der Waals surface area contributed by atoms with E-state index in [1.54, 1.807) is 28.2 Å². The molecule has 0 saturated heterocycles. The number of amides is 1. The van der Waals surface area contributed by atoms with Crippen molar-refractivity contribution in [3.8, 4) is 16.1 Å². The third-order valence-electron chi connectivity index (χ3n) is 5.06. The Morgan fingerprint density at radius 1 is 1.15 bits per heavy atom. The molecule has 4 aromatic heterocycles. The summed E-state index contributed by atoms with van der Waals surface area (Å²) < 4.78 is 6.95.